The second-order valence-corrected chi connectivity index (χ2v) is 4.90. The molecule has 0 saturated heterocycles. The molecule has 1 atom stereocenters. The van der Waals surface area contributed by atoms with Crippen LogP contribution < -0.4 is 4.74 Å². The summed E-state index contributed by atoms with van der Waals surface area (Å²) in [5, 5.41) is -1.15. The van der Waals surface area contributed by atoms with E-state index in [0.29, 0.717) is 13.0 Å². The van der Waals surface area contributed by atoms with E-state index in [1.807, 2.05) is 30.3 Å². The quantitative estimate of drug-likeness (QED) is 0.631. The van der Waals surface area contributed by atoms with Crippen LogP contribution in [0.5, 0.6) is 5.75 Å². The fraction of sp³-hybridized carbons (Fsp3) is 0.467. The summed E-state index contributed by atoms with van der Waals surface area (Å²) in [5.41, 5.74) is 0. The van der Waals surface area contributed by atoms with Crippen LogP contribution in [0.4, 0.5) is 13.2 Å². The molecule has 0 amide bonds. The van der Waals surface area contributed by atoms with Gasteiger partial charge in [0.1, 0.15) is 10.8 Å². The Morgan fingerprint density at radius 1 is 1.29 bits per heavy atom. The van der Waals surface area contributed by atoms with Crippen molar-refractivity contribution in [2.45, 2.75) is 32.0 Å². The Morgan fingerprint density at radius 3 is 2.57 bits per heavy atom. The second-order valence-electron chi connectivity index (χ2n) is 4.50. The highest BCUT2D eigenvalue weighted by atomic mass is 35.5. The Morgan fingerprint density at radius 2 is 1.95 bits per heavy atom. The lowest BCUT2D eigenvalue weighted by Crippen LogP contribution is -2.12. The zero-order chi connectivity index (χ0) is 15.7. The number of benzene rings is 1. The van der Waals surface area contributed by atoms with Gasteiger partial charge < -0.3 is 9.47 Å². The lowest BCUT2D eigenvalue weighted by atomic mass is 10.2. The van der Waals surface area contributed by atoms with Gasteiger partial charge in [0.05, 0.1) is 19.3 Å². The van der Waals surface area contributed by atoms with Crippen LogP contribution in [-0.4, -0.2) is 25.5 Å². The Hall–Kier alpha value is -1.20. The van der Waals surface area contributed by atoms with Crippen molar-refractivity contribution in [2.24, 2.45) is 0 Å². The zero-order valence-electron chi connectivity index (χ0n) is 11.7. The zero-order valence-corrected chi connectivity index (χ0v) is 12.5. The van der Waals surface area contributed by atoms with Crippen LogP contribution in [0, 0.1) is 0 Å². The van der Waals surface area contributed by atoms with Gasteiger partial charge in [-0.1, -0.05) is 29.8 Å². The fourth-order valence-electron chi connectivity index (χ4n) is 1.56. The van der Waals surface area contributed by atoms with Gasteiger partial charge in [-0.25, -0.2) is 0 Å². The van der Waals surface area contributed by atoms with Crippen molar-refractivity contribution < 1.29 is 22.6 Å². The molecule has 0 N–H and O–H groups in total. The van der Waals surface area contributed by atoms with Crippen molar-refractivity contribution in [3.63, 3.8) is 0 Å². The van der Waals surface area contributed by atoms with E-state index in [0.717, 1.165) is 18.2 Å². The molecule has 0 aliphatic carbocycles. The molecule has 0 saturated carbocycles. The van der Waals surface area contributed by atoms with Crippen LogP contribution in [0.1, 0.15) is 19.8 Å². The third kappa shape index (κ3) is 7.97. The number of ether oxygens (including phenoxy) is 2. The van der Waals surface area contributed by atoms with Gasteiger partial charge in [-0.3, -0.25) is 0 Å². The molecule has 6 heteroatoms. The lowest BCUT2D eigenvalue weighted by Gasteiger charge is -2.12. The molecular weight excluding hydrogens is 305 g/mol. The van der Waals surface area contributed by atoms with Crippen LogP contribution in [-0.2, 0) is 4.74 Å². The SMILES string of the molecule is CC(CCCOc1ccccc1)OCC=C(Cl)C(F)(F)F. The minimum absolute atomic E-state index is 0.154. The normalized spacial score (nSPS) is 14.0. The molecule has 1 aromatic rings. The average molecular weight is 323 g/mol. The molecule has 0 aliphatic heterocycles. The largest absolute Gasteiger partial charge is 0.494 e. The highest BCUT2D eigenvalue weighted by Gasteiger charge is 2.31. The third-order valence-electron chi connectivity index (χ3n) is 2.68. The molecule has 118 valence electrons. The Bertz CT molecular complexity index is 432. The molecule has 0 fully saturated rings. The first kappa shape index (κ1) is 17.9. The number of hydrogen-bond donors (Lipinski definition) is 0. The monoisotopic (exact) mass is 322 g/mol. The smallest absolute Gasteiger partial charge is 0.426 e. The first-order valence-electron chi connectivity index (χ1n) is 6.62. The Labute approximate surface area is 127 Å². The van der Waals surface area contributed by atoms with Crippen molar-refractivity contribution in [3.8, 4) is 5.75 Å². The van der Waals surface area contributed by atoms with Crippen molar-refractivity contribution >= 4 is 11.6 Å². The van der Waals surface area contributed by atoms with E-state index in [1.165, 1.54) is 0 Å². The lowest BCUT2D eigenvalue weighted by molar-refractivity contribution is -0.0852. The predicted molar refractivity (Wildman–Crippen MR) is 76.6 cm³/mol. The molecule has 1 unspecified atom stereocenters. The summed E-state index contributed by atoms with van der Waals surface area (Å²) in [6, 6.07) is 9.41. The van der Waals surface area contributed by atoms with Crippen LogP contribution >= 0.6 is 11.6 Å². The van der Waals surface area contributed by atoms with Crippen LogP contribution in [0.3, 0.4) is 0 Å². The van der Waals surface area contributed by atoms with Crippen molar-refractivity contribution in [1.82, 2.24) is 0 Å². The highest BCUT2D eigenvalue weighted by molar-refractivity contribution is 6.30. The summed E-state index contributed by atoms with van der Waals surface area (Å²) in [5.74, 6) is 0.797. The predicted octanol–water partition coefficient (Wildman–Crippen LogP) is 4.94. The summed E-state index contributed by atoms with van der Waals surface area (Å²) >= 11 is 5.07. The summed E-state index contributed by atoms with van der Waals surface area (Å²) < 4.78 is 47.1. The Kier molecular flexibility index (Phi) is 7.61. The Balaban J connectivity index is 2.13. The first-order valence-corrected chi connectivity index (χ1v) is 6.99. The van der Waals surface area contributed by atoms with Crippen molar-refractivity contribution in [1.29, 1.82) is 0 Å². The van der Waals surface area contributed by atoms with Gasteiger partial charge in [0.25, 0.3) is 0 Å². The maximum atomic E-state index is 12.1. The summed E-state index contributed by atoms with van der Waals surface area (Å²) in [6.45, 7) is 2.19. The molecule has 0 heterocycles. The molecule has 2 nitrogen and oxygen atoms in total. The molecule has 0 aliphatic rings. The maximum Gasteiger partial charge on any atom is 0.426 e. The maximum absolute atomic E-state index is 12.1. The minimum atomic E-state index is -4.50. The van der Waals surface area contributed by atoms with Crippen LogP contribution in [0.15, 0.2) is 41.4 Å². The van der Waals surface area contributed by atoms with Crippen LogP contribution in [0.2, 0.25) is 0 Å². The van der Waals surface area contributed by atoms with Gasteiger partial charge in [-0.15, -0.1) is 0 Å². The van der Waals surface area contributed by atoms with E-state index in [1.54, 1.807) is 6.92 Å². The average Bonchev–Trinajstić information content (AvgIpc) is 2.43. The highest BCUT2D eigenvalue weighted by Crippen LogP contribution is 2.28. The summed E-state index contributed by atoms with van der Waals surface area (Å²) in [6.07, 6.45) is -2.37. The molecule has 0 aromatic heterocycles. The van der Waals surface area contributed by atoms with Gasteiger partial charge in [-0.2, -0.15) is 13.2 Å². The molecule has 0 spiro atoms. The van der Waals surface area contributed by atoms with Crippen LogP contribution in [0.25, 0.3) is 0 Å². The van der Waals surface area contributed by atoms with Crippen molar-refractivity contribution in [3.05, 3.63) is 41.4 Å². The first-order chi connectivity index (χ1) is 9.89. The number of hydrogen-bond acceptors (Lipinski definition) is 2. The molecular formula is C15H18ClF3O2. The van der Waals surface area contributed by atoms with Gasteiger partial charge in [-0.05, 0) is 38.0 Å². The van der Waals surface area contributed by atoms with E-state index < -0.39 is 11.2 Å². The number of alkyl halides is 3. The summed E-state index contributed by atoms with van der Waals surface area (Å²) in [4.78, 5) is 0. The van der Waals surface area contributed by atoms with E-state index in [-0.39, 0.29) is 12.7 Å². The van der Waals surface area contributed by atoms with E-state index >= 15 is 0 Å². The number of allylic oxidation sites excluding steroid dienone is 1. The number of halogens is 4. The van der Waals surface area contributed by atoms with Gasteiger partial charge in [0, 0.05) is 0 Å². The van der Waals surface area contributed by atoms with Gasteiger partial charge in [0.15, 0.2) is 0 Å². The number of rotatable bonds is 8. The number of para-hydroxylation sites is 1. The molecule has 1 aromatic carbocycles. The van der Waals surface area contributed by atoms with E-state index in [4.69, 9.17) is 21.1 Å². The fourth-order valence-corrected chi connectivity index (χ4v) is 1.63. The summed E-state index contributed by atoms with van der Waals surface area (Å²) in [7, 11) is 0. The standard InChI is InChI=1S/C15H18ClF3O2/c1-12(20-11-9-14(16)15(17,18)19)6-5-10-21-13-7-3-2-4-8-13/h2-4,7-9,12H,5-6,10-11H2,1H3. The molecule has 1 rings (SSSR count). The van der Waals surface area contributed by atoms with E-state index in [9.17, 15) is 13.2 Å². The van der Waals surface area contributed by atoms with Crippen molar-refractivity contribution in [2.75, 3.05) is 13.2 Å². The minimum Gasteiger partial charge on any atom is -0.494 e. The van der Waals surface area contributed by atoms with Gasteiger partial charge in [0.2, 0.25) is 0 Å². The topological polar surface area (TPSA) is 18.5 Å². The third-order valence-corrected chi connectivity index (χ3v) is 3.05. The van der Waals surface area contributed by atoms with Gasteiger partial charge >= 0.3 is 6.18 Å². The molecule has 0 radical (unpaired) electrons. The van der Waals surface area contributed by atoms with E-state index in [2.05, 4.69) is 0 Å². The molecule has 0 bridgehead atoms. The second kappa shape index (κ2) is 8.95. The molecule has 21 heavy (non-hydrogen) atoms.